The van der Waals surface area contributed by atoms with E-state index in [1.54, 1.807) is 4.90 Å². The van der Waals surface area contributed by atoms with Crippen molar-refractivity contribution in [2.24, 2.45) is 0 Å². The molecule has 1 fully saturated rings. The Kier molecular flexibility index (Phi) is 6.87. The molecule has 1 heterocycles. The van der Waals surface area contributed by atoms with E-state index in [9.17, 15) is 9.90 Å². The molecule has 1 saturated heterocycles. The van der Waals surface area contributed by atoms with E-state index in [0.717, 1.165) is 30.0 Å². The van der Waals surface area contributed by atoms with Gasteiger partial charge in [0.1, 0.15) is 25.0 Å². The van der Waals surface area contributed by atoms with E-state index < -0.39 is 6.10 Å². The van der Waals surface area contributed by atoms with Gasteiger partial charge in [0, 0.05) is 0 Å². The van der Waals surface area contributed by atoms with Crippen LogP contribution in [0.5, 0.6) is 5.75 Å². The summed E-state index contributed by atoms with van der Waals surface area (Å²) in [6.07, 6.45) is -0.760. The SMILES string of the molecule is CCOC(=O)N1CC[NH+](C[C@H](O)COc2cc(C)ccc2C)CC1. The summed E-state index contributed by atoms with van der Waals surface area (Å²) in [4.78, 5) is 14.7. The lowest BCUT2D eigenvalue weighted by molar-refractivity contribution is -0.907. The van der Waals surface area contributed by atoms with Gasteiger partial charge in [-0.2, -0.15) is 0 Å². The molecule has 2 N–H and O–H groups in total. The van der Waals surface area contributed by atoms with E-state index in [4.69, 9.17) is 9.47 Å². The molecule has 1 aromatic rings. The standard InChI is InChI=1S/C18H28N2O4/c1-4-23-18(22)20-9-7-19(8-10-20)12-16(21)13-24-17-11-14(2)5-6-15(17)3/h5-6,11,16,21H,4,7-10,12-13H2,1-3H3/p+1/t16-/m0/s1. The van der Waals surface area contributed by atoms with Crippen LogP contribution in [0, 0.1) is 13.8 Å². The number of nitrogens with zero attached hydrogens (tertiary/aromatic N) is 1. The second kappa shape index (κ2) is 8.89. The molecule has 0 saturated carbocycles. The fraction of sp³-hybridized carbons (Fsp3) is 0.611. The van der Waals surface area contributed by atoms with Crippen molar-refractivity contribution in [2.75, 3.05) is 45.9 Å². The van der Waals surface area contributed by atoms with Crippen LogP contribution in [0.15, 0.2) is 18.2 Å². The molecular formula is C18H29N2O4+. The van der Waals surface area contributed by atoms with Crippen LogP contribution in [-0.4, -0.2) is 68.1 Å². The minimum Gasteiger partial charge on any atom is -0.490 e. The Labute approximate surface area is 144 Å². The van der Waals surface area contributed by atoms with Gasteiger partial charge in [0.2, 0.25) is 0 Å². The van der Waals surface area contributed by atoms with Gasteiger partial charge in [0.05, 0.1) is 32.8 Å². The Bertz CT molecular complexity index is 542. The predicted octanol–water partition coefficient (Wildman–Crippen LogP) is 0.400. The molecule has 1 atom stereocenters. The topological polar surface area (TPSA) is 63.4 Å². The van der Waals surface area contributed by atoms with E-state index in [-0.39, 0.29) is 12.7 Å². The molecule has 134 valence electrons. The smallest absolute Gasteiger partial charge is 0.410 e. The number of aliphatic hydroxyl groups excluding tert-OH is 1. The van der Waals surface area contributed by atoms with Gasteiger partial charge >= 0.3 is 6.09 Å². The number of ether oxygens (including phenoxy) is 2. The number of amides is 1. The molecule has 0 aliphatic carbocycles. The fourth-order valence-corrected chi connectivity index (χ4v) is 2.87. The number of aryl methyl sites for hydroxylation is 2. The fourth-order valence-electron chi connectivity index (χ4n) is 2.87. The first kappa shape index (κ1) is 18.5. The zero-order valence-corrected chi connectivity index (χ0v) is 14.9. The van der Waals surface area contributed by atoms with Crippen LogP contribution in [0.3, 0.4) is 0 Å². The molecule has 0 spiro atoms. The maximum atomic E-state index is 11.7. The summed E-state index contributed by atoms with van der Waals surface area (Å²) in [6, 6.07) is 6.07. The molecule has 1 amide bonds. The van der Waals surface area contributed by atoms with E-state index in [0.29, 0.717) is 26.2 Å². The third-order valence-electron chi connectivity index (χ3n) is 4.30. The van der Waals surface area contributed by atoms with Crippen molar-refractivity contribution in [3.05, 3.63) is 29.3 Å². The molecule has 24 heavy (non-hydrogen) atoms. The summed E-state index contributed by atoms with van der Waals surface area (Å²) in [7, 11) is 0. The first-order valence-electron chi connectivity index (χ1n) is 8.63. The Morgan fingerprint density at radius 1 is 1.33 bits per heavy atom. The number of carbonyl (C=O) groups excluding carboxylic acids is 1. The van der Waals surface area contributed by atoms with Gasteiger partial charge in [-0.25, -0.2) is 4.79 Å². The predicted molar refractivity (Wildman–Crippen MR) is 91.6 cm³/mol. The third-order valence-corrected chi connectivity index (χ3v) is 4.30. The number of piperazine rings is 1. The Balaban J connectivity index is 1.72. The summed E-state index contributed by atoms with van der Waals surface area (Å²) < 4.78 is 10.8. The van der Waals surface area contributed by atoms with Crippen LogP contribution in [-0.2, 0) is 4.74 Å². The van der Waals surface area contributed by atoms with Gasteiger partial charge in [-0.3, -0.25) is 4.90 Å². The highest BCUT2D eigenvalue weighted by molar-refractivity contribution is 5.67. The first-order chi connectivity index (χ1) is 11.5. The minimum atomic E-state index is -0.519. The van der Waals surface area contributed by atoms with Gasteiger partial charge in [-0.15, -0.1) is 0 Å². The molecule has 6 heteroatoms. The number of carbonyl (C=O) groups is 1. The number of nitrogens with one attached hydrogen (secondary N) is 1. The highest BCUT2D eigenvalue weighted by atomic mass is 16.6. The largest absolute Gasteiger partial charge is 0.490 e. The number of rotatable bonds is 6. The van der Waals surface area contributed by atoms with Gasteiger partial charge in [-0.05, 0) is 38.0 Å². The Morgan fingerprint density at radius 3 is 2.71 bits per heavy atom. The van der Waals surface area contributed by atoms with Crippen LogP contribution in [0.1, 0.15) is 18.1 Å². The normalized spacial score (nSPS) is 16.8. The van der Waals surface area contributed by atoms with E-state index >= 15 is 0 Å². The van der Waals surface area contributed by atoms with Gasteiger partial charge < -0.3 is 19.5 Å². The third kappa shape index (κ3) is 5.39. The van der Waals surface area contributed by atoms with E-state index in [1.165, 1.54) is 4.90 Å². The molecule has 0 unspecified atom stereocenters. The molecule has 6 nitrogen and oxygen atoms in total. The number of aliphatic hydroxyl groups is 1. The summed E-state index contributed by atoms with van der Waals surface area (Å²) >= 11 is 0. The van der Waals surface area contributed by atoms with Gasteiger partial charge in [-0.1, -0.05) is 12.1 Å². The monoisotopic (exact) mass is 337 g/mol. The van der Waals surface area contributed by atoms with Crippen molar-refractivity contribution >= 4 is 6.09 Å². The van der Waals surface area contributed by atoms with Crippen LogP contribution in [0.2, 0.25) is 0 Å². The summed E-state index contributed by atoms with van der Waals surface area (Å²) in [5.74, 6) is 0.830. The molecular weight excluding hydrogens is 308 g/mol. The quantitative estimate of drug-likeness (QED) is 0.789. The minimum absolute atomic E-state index is 0.240. The number of hydrogen-bond donors (Lipinski definition) is 2. The maximum Gasteiger partial charge on any atom is 0.410 e. The highest BCUT2D eigenvalue weighted by Crippen LogP contribution is 2.19. The summed E-state index contributed by atoms with van der Waals surface area (Å²) in [5.41, 5.74) is 2.22. The molecule has 1 aliphatic heterocycles. The van der Waals surface area contributed by atoms with Crippen molar-refractivity contribution in [3.8, 4) is 5.75 Å². The second-order valence-electron chi connectivity index (χ2n) is 6.37. The lowest BCUT2D eigenvalue weighted by atomic mass is 10.1. The van der Waals surface area contributed by atoms with Crippen molar-refractivity contribution in [1.82, 2.24) is 4.90 Å². The average molecular weight is 337 g/mol. The zero-order chi connectivity index (χ0) is 17.5. The number of benzene rings is 1. The van der Waals surface area contributed by atoms with Crippen molar-refractivity contribution in [3.63, 3.8) is 0 Å². The lowest BCUT2D eigenvalue weighted by Crippen LogP contribution is -3.16. The van der Waals surface area contributed by atoms with Crippen LogP contribution >= 0.6 is 0 Å². The van der Waals surface area contributed by atoms with Gasteiger partial charge in [0.15, 0.2) is 0 Å². The summed E-state index contributed by atoms with van der Waals surface area (Å²) in [6.45, 7) is 10.1. The van der Waals surface area contributed by atoms with E-state index in [1.807, 2.05) is 39.0 Å². The van der Waals surface area contributed by atoms with Crippen molar-refractivity contribution in [1.29, 1.82) is 0 Å². The molecule has 0 radical (unpaired) electrons. The Hall–Kier alpha value is -1.79. The summed E-state index contributed by atoms with van der Waals surface area (Å²) in [5, 5.41) is 10.2. The van der Waals surface area contributed by atoms with Crippen molar-refractivity contribution < 1.29 is 24.3 Å². The molecule has 2 rings (SSSR count). The van der Waals surface area contributed by atoms with Crippen LogP contribution < -0.4 is 9.64 Å². The molecule has 0 aromatic heterocycles. The lowest BCUT2D eigenvalue weighted by Gasteiger charge is -2.32. The van der Waals surface area contributed by atoms with E-state index in [2.05, 4.69) is 0 Å². The molecule has 1 aromatic carbocycles. The van der Waals surface area contributed by atoms with Gasteiger partial charge in [0.25, 0.3) is 0 Å². The highest BCUT2D eigenvalue weighted by Gasteiger charge is 2.26. The van der Waals surface area contributed by atoms with Crippen molar-refractivity contribution in [2.45, 2.75) is 26.9 Å². The first-order valence-corrected chi connectivity index (χ1v) is 8.63. The van der Waals surface area contributed by atoms with Crippen LogP contribution in [0.4, 0.5) is 4.79 Å². The average Bonchev–Trinajstić information content (AvgIpc) is 2.56. The number of hydrogen-bond acceptors (Lipinski definition) is 4. The number of quaternary nitrogens is 1. The molecule has 1 aliphatic rings. The Morgan fingerprint density at radius 2 is 2.04 bits per heavy atom. The maximum absolute atomic E-state index is 11.7. The van der Waals surface area contributed by atoms with Crippen LogP contribution in [0.25, 0.3) is 0 Å². The second-order valence-corrected chi connectivity index (χ2v) is 6.37. The zero-order valence-electron chi connectivity index (χ0n) is 14.9. The molecule has 0 bridgehead atoms.